The predicted molar refractivity (Wildman–Crippen MR) is 159 cm³/mol. The average molecular weight is 583 g/mol. The highest BCUT2D eigenvalue weighted by molar-refractivity contribution is 7.10. The molecule has 0 spiro atoms. The molecular weight excluding hydrogens is 549 g/mol. The highest BCUT2D eigenvalue weighted by atomic mass is 35.5. The Kier molecular flexibility index (Phi) is 14.0. The molecule has 0 aliphatic carbocycles. The second-order valence-corrected chi connectivity index (χ2v) is 9.58. The monoisotopic (exact) mass is 581 g/mol. The lowest BCUT2D eigenvalue weighted by Crippen LogP contribution is -2.41. The van der Waals surface area contributed by atoms with Crippen LogP contribution >= 0.6 is 46.1 Å². The zero-order chi connectivity index (χ0) is 28.3. The first-order chi connectivity index (χ1) is 17.7. The molecule has 2 aromatic carbocycles. The van der Waals surface area contributed by atoms with E-state index in [9.17, 15) is 14.7 Å². The maximum Gasteiger partial charge on any atom is 0.336 e. The van der Waals surface area contributed by atoms with Crippen LogP contribution in [0, 0.1) is 13.8 Å². The highest BCUT2D eigenvalue weighted by Gasteiger charge is 2.35. The minimum atomic E-state index is -1.15. The Morgan fingerprint density at radius 2 is 1.68 bits per heavy atom. The van der Waals surface area contributed by atoms with E-state index in [1.165, 1.54) is 23.4 Å². The number of aromatic carboxylic acids is 1. The predicted octanol–water partition coefficient (Wildman–Crippen LogP) is 9.23. The van der Waals surface area contributed by atoms with Crippen molar-refractivity contribution >= 4 is 58.0 Å². The molecule has 0 fully saturated rings. The van der Waals surface area contributed by atoms with E-state index in [0.717, 1.165) is 23.1 Å². The van der Waals surface area contributed by atoms with Crippen molar-refractivity contribution in [3.8, 4) is 0 Å². The van der Waals surface area contributed by atoms with Crippen molar-refractivity contribution in [2.24, 2.45) is 0 Å². The molecule has 0 radical (unpaired) electrons. The van der Waals surface area contributed by atoms with Gasteiger partial charge < -0.3 is 10.0 Å². The number of hydrogen-bond acceptors (Lipinski definition) is 3. The number of alkyl halides is 1. The van der Waals surface area contributed by atoms with E-state index in [1.807, 2.05) is 57.3 Å². The smallest absolute Gasteiger partial charge is 0.336 e. The second-order valence-electron chi connectivity index (χ2n) is 7.76. The summed E-state index contributed by atoms with van der Waals surface area (Å²) >= 11 is 19.0. The van der Waals surface area contributed by atoms with E-state index in [2.05, 4.69) is 18.2 Å². The van der Waals surface area contributed by atoms with Gasteiger partial charge in [0.15, 0.2) is 0 Å². The van der Waals surface area contributed by atoms with Gasteiger partial charge in [0.1, 0.15) is 0 Å². The van der Waals surface area contributed by atoms with Crippen LogP contribution in [-0.2, 0) is 6.42 Å². The fourth-order valence-electron chi connectivity index (χ4n) is 3.98. The Labute approximate surface area is 239 Å². The highest BCUT2D eigenvalue weighted by Crippen LogP contribution is 2.41. The van der Waals surface area contributed by atoms with Crippen molar-refractivity contribution in [1.82, 2.24) is 4.90 Å². The number of thiophene rings is 1. The Morgan fingerprint density at radius 3 is 2.27 bits per heavy atom. The molecular formula is C29H34Cl3NO3S. The number of carbonyl (C=O) groups excluding carboxylic acids is 1. The Hall–Kier alpha value is -2.31. The maximum atomic E-state index is 13.7. The molecule has 8 heteroatoms. The lowest BCUT2D eigenvalue weighted by Gasteiger charge is -2.37. The Morgan fingerprint density at radius 1 is 1.05 bits per heavy atom. The van der Waals surface area contributed by atoms with Crippen LogP contribution < -0.4 is 0 Å². The summed E-state index contributed by atoms with van der Waals surface area (Å²) in [5.41, 5.74) is 3.57. The molecule has 0 bridgehead atoms. The van der Waals surface area contributed by atoms with Gasteiger partial charge in [-0.15, -0.1) is 29.5 Å². The molecule has 37 heavy (non-hydrogen) atoms. The van der Waals surface area contributed by atoms with Gasteiger partial charge in [-0.1, -0.05) is 55.3 Å². The number of amides is 1. The second kappa shape index (κ2) is 15.8. The van der Waals surface area contributed by atoms with Gasteiger partial charge in [-0.05, 0) is 79.1 Å². The summed E-state index contributed by atoms with van der Waals surface area (Å²) in [6.07, 6.45) is 3.94. The third-order valence-corrected chi connectivity index (χ3v) is 7.40. The van der Waals surface area contributed by atoms with Crippen molar-refractivity contribution in [3.63, 3.8) is 0 Å². The number of aryl methyl sites for hydroxylation is 1. The first kappa shape index (κ1) is 32.7. The van der Waals surface area contributed by atoms with Crippen molar-refractivity contribution < 1.29 is 14.7 Å². The van der Waals surface area contributed by atoms with Gasteiger partial charge in [0.25, 0.3) is 5.91 Å². The van der Waals surface area contributed by atoms with Gasteiger partial charge >= 0.3 is 5.97 Å². The van der Waals surface area contributed by atoms with E-state index in [-0.39, 0.29) is 23.1 Å². The molecule has 1 aliphatic heterocycles. The molecule has 200 valence electrons. The van der Waals surface area contributed by atoms with Crippen LogP contribution in [0.5, 0.6) is 0 Å². The molecule has 1 amide bonds. The molecule has 2 heterocycles. The normalized spacial score (nSPS) is 13.4. The molecule has 0 saturated carbocycles. The van der Waals surface area contributed by atoms with E-state index < -0.39 is 5.97 Å². The van der Waals surface area contributed by atoms with Crippen LogP contribution in [0.25, 0.3) is 0 Å². The van der Waals surface area contributed by atoms with Crippen LogP contribution in [0.1, 0.15) is 74.7 Å². The summed E-state index contributed by atoms with van der Waals surface area (Å²) in [5.74, 6) is -1.50. The molecule has 4 nitrogen and oxygen atoms in total. The fraction of sp³-hybridized carbons (Fsp3) is 0.310. The van der Waals surface area contributed by atoms with E-state index in [4.69, 9.17) is 23.2 Å². The van der Waals surface area contributed by atoms with Crippen molar-refractivity contribution in [1.29, 1.82) is 0 Å². The summed E-state index contributed by atoms with van der Waals surface area (Å²) in [5, 5.41) is 12.7. The van der Waals surface area contributed by atoms with E-state index in [1.54, 1.807) is 29.2 Å². The topological polar surface area (TPSA) is 57.6 Å². The van der Waals surface area contributed by atoms with Crippen LogP contribution in [0.3, 0.4) is 0 Å². The summed E-state index contributed by atoms with van der Waals surface area (Å²) in [6.45, 7) is 13.4. The van der Waals surface area contributed by atoms with Gasteiger partial charge in [0.05, 0.1) is 17.2 Å². The van der Waals surface area contributed by atoms with E-state index in [0.29, 0.717) is 22.2 Å². The number of allylic oxidation sites excluding steroid dienone is 1. The molecule has 1 N–H and O–H groups in total. The molecule has 1 aromatic heterocycles. The number of carboxylic acids is 1. The third kappa shape index (κ3) is 7.61. The van der Waals surface area contributed by atoms with Gasteiger partial charge in [0, 0.05) is 27.9 Å². The standard InChI is InChI=1S/C23H19Cl2NO3S.C3H6.C2H6.CH3Cl/c1-12-10-17(23(28)29)16(11-19(12)25)22(27)26-8-6-20-15(7-9-30-20)21(26)14-4-3-5-18(24)13(14)2;1-3-2;2*1-2/h3-5,7,9-11,21H,6,8H2,1-2H3,(H,28,29);3H,1H2,2H3;1-2H3;1H3. The maximum absolute atomic E-state index is 13.7. The lowest BCUT2D eigenvalue weighted by molar-refractivity contribution is 0.0653. The molecule has 1 aliphatic rings. The zero-order valence-corrected chi connectivity index (χ0v) is 25.2. The van der Waals surface area contributed by atoms with Crippen LogP contribution in [-0.4, -0.2) is 34.8 Å². The number of hydrogen-bond donors (Lipinski definition) is 1. The van der Waals surface area contributed by atoms with Gasteiger partial charge in [0.2, 0.25) is 0 Å². The number of nitrogens with zero attached hydrogens (tertiary/aromatic N) is 1. The largest absolute Gasteiger partial charge is 0.478 e. The molecule has 0 saturated heterocycles. The fourth-order valence-corrected chi connectivity index (χ4v) is 5.23. The number of rotatable bonds is 3. The number of fused-ring (bicyclic) bond motifs is 1. The Balaban J connectivity index is 0.000000894. The first-order valence-electron chi connectivity index (χ1n) is 11.8. The number of benzene rings is 2. The Bertz CT molecular complexity index is 1220. The summed E-state index contributed by atoms with van der Waals surface area (Å²) in [7, 11) is 0. The summed E-state index contributed by atoms with van der Waals surface area (Å²) in [4.78, 5) is 28.5. The van der Waals surface area contributed by atoms with Crippen molar-refractivity contribution in [2.45, 2.75) is 47.1 Å². The molecule has 1 atom stereocenters. The van der Waals surface area contributed by atoms with Gasteiger partial charge in [-0.2, -0.15) is 0 Å². The first-order valence-corrected chi connectivity index (χ1v) is 14.2. The molecule has 4 rings (SSSR count). The van der Waals surface area contributed by atoms with E-state index >= 15 is 0 Å². The zero-order valence-electron chi connectivity index (χ0n) is 22.1. The van der Waals surface area contributed by atoms with Crippen LogP contribution in [0.15, 0.2) is 54.4 Å². The molecule has 1 unspecified atom stereocenters. The number of halogens is 3. The van der Waals surface area contributed by atoms with Crippen molar-refractivity contribution in [2.75, 3.05) is 12.9 Å². The summed E-state index contributed by atoms with van der Waals surface area (Å²) in [6, 6.07) is 10.3. The lowest BCUT2D eigenvalue weighted by atomic mass is 9.89. The van der Waals surface area contributed by atoms with Gasteiger partial charge in [-0.3, -0.25) is 4.79 Å². The minimum Gasteiger partial charge on any atom is -0.478 e. The SMILES string of the molecule is C=CC.CC.CCl.Cc1cc(C(=O)O)c(C(=O)N2CCc3sccc3C2c2cccc(Cl)c2C)cc1Cl. The average Bonchev–Trinajstić information content (AvgIpc) is 3.38. The van der Waals surface area contributed by atoms with Crippen LogP contribution in [0.4, 0.5) is 0 Å². The van der Waals surface area contributed by atoms with Crippen LogP contribution in [0.2, 0.25) is 10.0 Å². The summed E-state index contributed by atoms with van der Waals surface area (Å²) < 4.78 is 0. The number of carboxylic acid groups (broad SMARTS) is 1. The number of carbonyl (C=O) groups is 2. The molecule has 3 aromatic rings. The quantitative estimate of drug-likeness (QED) is 0.247. The van der Waals surface area contributed by atoms with Crippen molar-refractivity contribution in [3.05, 3.63) is 103 Å². The third-order valence-electron chi connectivity index (χ3n) is 5.59. The minimum absolute atomic E-state index is 0.0421. The van der Waals surface area contributed by atoms with Gasteiger partial charge in [-0.25, -0.2) is 4.79 Å².